The Morgan fingerprint density at radius 2 is 2.00 bits per heavy atom. The number of nitrogens with zero attached hydrogens (tertiary/aromatic N) is 1. The second-order valence-electron chi connectivity index (χ2n) is 4.91. The first-order valence-electron chi connectivity index (χ1n) is 6.54. The van der Waals surface area contributed by atoms with Gasteiger partial charge in [-0.1, -0.05) is 23.5 Å². The summed E-state index contributed by atoms with van der Waals surface area (Å²) in [6.45, 7) is 0. The molecule has 0 saturated heterocycles. The van der Waals surface area contributed by atoms with E-state index in [9.17, 15) is 18.0 Å². The van der Waals surface area contributed by atoms with Gasteiger partial charge in [0.05, 0.1) is 10.4 Å². The fourth-order valence-electron chi connectivity index (χ4n) is 2.40. The Hall–Kier alpha value is -2.09. The van der Waals surface area contributed by atoms with E-state index in [-0.39, 0.29) is 18.2 Å². The predicted octanol–water partition coefficient (Wildman–Crippen LogP) is 3.68. The number of amides is 1. The summed E-state index contributed by atoms with van der Waals surface area (Å²) in [6, 6.07) is 4.94. The summed E-state index contributed by atoms with van der Waals surface area (Å²) in [5, 5.41) is 6.25. The van der Waals surface area contributed by atoms with Crippen LogP contribution in [0.4, 0.5) is 24.1 Å². The van der Waals surface area contributed by atoms with Crippen molar-refractivity contribution in [1.82, 2.24) is 4.98 Å². The van der Waals surface area contributed by atoms with Gasteiger partial charge in [-0.25, -0.2) is 4.98 Å². The summed E-state index contributed by atoms with van der Waals surface area (Å²) in [4.78, 5) is 16.9. The molecule has 1 atom stereocenters. The second-order valence-corrected chi connectivity index (χ2v) is 5.94. The highest BCUT2D eigenvalue weighted by atomic mass is 32.1. The molecule has 2 N–H and O–H groups in total. The molecule has 0 saturated carbocycles. The summed E-state index contributed by atoms with van der Waals surface area (Å²) in [7, 11) is 1.72. The van der Waals surface area contributed by atoms with Gasteiger partial charge in [0.1, 0.15) is 5.82 Å². The van der Waals surface area contributed by atoms with Crippen LogP contribution in [0.5, 0.6) is 0 Å². The molecule has 0 fully saturated rings. The first kappa shape index (κ1) is 14.8. The molecule has 116 valence electrons. The zero-order valence-electron chi connectivity index (χ0n) is 11.5. The van der Waals surface area contributed by atoms with Crippen LogP contribution >= 0.6 is 11.3 Å². The van der Waals surface area contributed by atoms with Gasteiger partial charge in [-0.05, 0) is 17.7 Å². The van der Waals surface area contributed by atoms with Crippen LogP contribution in [0.2, 0.25) is 0 Å². The SMILES string of the molecule is CNc1nc2c(s1)[C@@H](c1ccc(C(F)(F)F)cc1)CC(=O)N2. The van der Waals surface area contributed by atoms with Crippen LogP contribution in [0.15, 0.2) is 24.3 Å². The van der Waals surface area contributed by atoms with E-state index in [1.165, 1.54) is 23.5 Å². The van der Waals surface area contributed by atoms with E-state index in [1.54, 1.807) is 7.05 Å². The fourth-order valence-corrected chi connectivity index (χ4v) is 3.40. The average Bonchev–Trinajstić information content (AvgIpc) is 2.88. The van der Waals surface area contributed by atoms with Crippen LogP contribution in [0.1, 0.15) is 28.3 Å². The lowest BCUT2D eigenvalue weighted by atomic mass is 9.91. The number of halogens is 3. The average molecular weight is 327 g/mol. The van der Waals surface area contributed by atoms with Crippen molar-refractivity contribution in [3.05, 3.63) is 40.3 Å². The Balaban J connectivity index is 1.98. The van der Waals surface area contributed by atoms with Gasteiger partial charge in [0.25, 0.3) is 0 Å². The Morgan fingerprint density at radius 3 is 2.59 bits per heavy atom. The molecule has 1 aliphatic heterocycles. The van der Waals surface area contributed by atoms with E-state index in [1.807, 2.05) is 0 Å². The first-order chi connectivity index (χ1) is 10.4. The molecule has 4 nitrogen and oxygen atoms in total. The molecule has 0 aliphatic carbocycles. The summed E-state index contributed by atoms with van der Waals surface area (Å²) < 4.78 is 37.9. The maximum Gasteiger partial charge on any atom is 0.416 e. The van der Waals surface area contributed by atoms with E-state index >= 15 is 0 Å². The van der Waals surface area contributed by atoms with Crippen LogP contribution in [0.25, 0.3) is 0 Å². The number of anilines is 2. The maximum atomic E-state index is 12.6. The van der Waals surface area contributed by atoms with Crippen molar-refractivity contribution >= 4 is 28.2 Å². The highest BCUT2D eigenvalue weighted by Gasteiger charge is 2.33. The monoisotopic (exact) mass is 327 g/mol. The van der Waals surface area contributed by atoms with Crippen LogP contribution in [0.3, 0.4) is 0 Å². The number of rotatable bonds is 2. The normalized spacial score (nSPS) is 17.8. The Morgan fingerprint density at radius 1 is 1.32 bits per heavy atom. The molecule has 1 aromatic heterocycles. The van der Waals surface area contributed by atoms with Gasteiger partial charge in [-0.15, -0.1) is 0 Å². The van der Waals surface area contributed by atoms with Gasteiger partial charge >= 0.3 is 6.18 Å². The lowest BCUT2D eigenvalue weighted by Crippen LogP contribution is -2.22. The number of hydrogen-bond acceptors (Lipinski definition) is 4. The van der Waals surface area contributed by atoms with E-state index in [0.717, 1.165) is 17.0 Å². The molecule has 2 aromatic rings. The number of aromatic nitrogens is 1. The fraction of sp³-hybridized carbons (Fsp3) is 0.286. The summed E-state index contributed by atoms with van der Waals surface area (Å²) in [6.07, 6.45) is -4.17. The molecule has 0 unspecified atom stereocenters. The lowest BCUT2D eigenvalue weighted by Gasteiger charge is -2.21. The number of fused-ring (bicyclic) bond motifs is 1. The van der Waals surface area contributed by atoms with Crippen molar-refractivity contribution in [2.45, 2.75) is 18.5 Å². The maximum absolute atomic E-state index is 12.6. The van der Waals surface area contributed by atoms with Crippen molar-refractivity contribution in [2.75, 3.05) is 17.7 Å². The van der Waals surface area contributed by atoms with Crippen molar-refractivity contribution in [3.8, 4) is 0 Å². The molecule has 2 heterocycles. The van der Waals surface area contributed by atoms with Crippen LogP contribution in [-0.4, -0.2) is 17.9 Å². The number of nitrogens with one attached hydrogen (secondary N) is 2. The van der Waals surface area contributed by atoms with E-state index in [4.69, 9.17) is 0 Å². The van der Waals surface area contributed by atoms with E-state index in [0.29, 0.717) is 16.5 Å². The van der Waals surface area contributed by atoms with Crippen LogP contribution in [0, 0.1) is 0 Å². The van der Waals surface area contributed by atoms with Gasteiger partial charge in [-0.2, -0.15) is 13.2 Å². The third kappa shape index (κ3) is 2.66. The topological polar surface area (TPSA) is 54.0 Å². The highest BCUT2D eigenvalue weighted by molar-refractivity contribution is 7.16. The van der Waals surface area contributed by atoms with Gasteiger partial charge in [-0.3, -0.25) is 4.79 Å². The Kier molecular flexibility index (Phi) is 3.56. The molecule has 22 heavy (non-hydrogen) atoms. The van der Waals surface area contributed by atoms with Crippen molar-refractivity contribution in [3.63, 3.8) is 0 Å². The Labute approximate surface area is 128 Å². The number of hydrogen-bond donors (Lipinski definition) is 2. The standard InChI is InChI=1S/C14H12F3N3OS/c1-18-13-20-12-11(22-13)9(6-10(21)19-12)7-2-4-8(5-3-7)14(15,16)17/h2-5,9H,6H2,1H3,(H,18,20)(H,19,21)/t9-/m1/s1. The third-order valence-electron chi connectivity index (χ3n) is 3.47. The van der Waals surface area contributed by atoms with Gasteiger partial charge in [0.2, 0.25) is 5.91 Å². The molecule has 0 spiro atoms. The summed E-state index contributed by atoms with van der Waals surface area (Å²) in [5.74, 6) is 0.0199. The number of thiazole rings is 1. The Bertz CT molecular complexity index is 709. The number of carbonyl (C=O) groups is 1. The molecular weight excluding hydrogens is 315 g/mol. The summed E-state index contributed by atoms with van der Waals surface area (Å²) in [5.41, 5.74) is -0.0210. The van der Waals surface area contributed by atoms with Crippen molar-refractivity contribution in [1.29, 1.82) is 0 Å². The molecule has 0 bridgehead atoms. The molecule has 3 rings (SSSR count). The second kappa shape index (κ2) is 5.28. The zero-order chi connectivity index (χ0) is 15.9. The molecular formula is C14H12F3N3OS. The minimum absolute atomic E-state index is 0.189. The summed E-state index contributed by atoms with van der Waals surface area (Å²) >= 11 is 1.39. The van der Waals surface area contributed by atoms with Crippen molar-refractivity contribution < 1.29 is 18.0 Å². The van der Waals surface area contributed by atoms with Gasteiger partial charge < -0.3 is 10.6 Å². The minimum atomic E-state index is -4.36. The molecule has 1 aliphatic rings. The molecule has 1 amide bonds. The molecule has 0 radical (unpaired) electrons. The van der Waals surface area contributed by atoms with Crippen molar-refractivity contribution in [2.24, 2.45) is 0 Å². The quantitative estimate of drug-likeness (QED) is 0.885. The number of alkyl halides is 3. The zero-order valence-corrected chi connectivity index (χ0v) is 12.3. The largest absolute Gasteiger partial charge is 0.416 e. The minimum Gasteiger partial charge on any atom is -0.365 e. The molecule has 1 aromatic carbocycles. The number of benzene rings is 1. The molecule has 8 heteroatoms. The van der Waals surface area contributed by atoms with Crippen LogP contribution < -0.4 is 10.6 Å². The lowest BCUT2D eigenvalue weighted by molar-refractivity contribution is -0.137. The predicted molar refractivity (Wildman–Crippen MR) is 78.2 cm³/mol. The van der Waals surface area contributed by atoms with E-state index < -0.39 is 11.7 Å². The van der Waals surface area contributed by atoms with Crippen LogP contribution in [-0.2, 0) is 11.0 Å². The first-order valence-corrected chi connectivity index (χ1v) is 7.35. The highest BCUT2D eigenvalue weighted by Crippen LogP contribution is 2.42. The smallest absolute Gasteiger partial charge is 0.365 e. The van der Waals surface area contributed by atoms with Gasteiger partial charge in [0.15, 0.2) is 5.13 Å². The van der Waals surface area contributed by atoms with E-state index in [2.05, 4.69) is 15.6 Å². The number of carbonyl (C=O) groups excluding carboxylic acids is 1. The third-order valence-corrected chi connectivity index (χ3v) is 4.66. The van der Waals surface area contributed by atoms with Gasteiger partial charge in [0, 0.05) is 19.4 Å².